The van der Waals surface area contributed by atoms with Gasteiger partial charge in [0.15, 0.2) is 0 Å². The largest absolute Gasteiger partial charge is 0.369 e. The topological polar surface area (TPSA) is 96.3 Å². The summed E-state index contributed by atoms with van der Waals surface area (Å²) in [5.74, 6) is -0.789. The number of rotatable bonds is 2. The van der Waals surface area contributed by atoms with Crippen molar-refractivity contribution in [2.24, 2.45) is 11.1 Å². The first-order chi connectivity index (χ1) is 9.26. The van der Waals surface area contributed by atoms with E-state index in [1.165, 1.54) is 11.1 Å². The molecule has 7 heteroatoms. The normalized spacial score (nSPS) is 22.1. The van der Waals surface area contributed by atoms with Gasteiger partial charge in [-0.3, -0.25) is 14.4 Å². The summed E-state index contributed by atoms with van der Waals surface area (Å²) in [6, 6.07) is 0. The van der Waals surface area contributed by atoms with E-state index in [2.05, 4.69) is 20.9 Å². The first-order valence-electron chi connectivity index (χ1n) is 6.23. The Kier molecular flexibility index (Phi) is 3.73. The fourth-order valence-electron chi connectivity index (χ4n) is 2.35. The van der Waals surface area contributed by atoms with Gasteiger partial charge in [-0.25, -0.2) is 0 Å². The second kappa shape index (κ2) is 5.05. The lowest BCUT2D eigenvalue weighted by Crippen LogP contribution is -2.40. The highest BCUT2D eigenvalue weighted by Gasteiger charge is 2.41. The zero-order valence-electron chi connectivity index (χ0n) is 11.3. The van der Waals surface area contributed by atoms with Crippen molar-refractivity contribution in [1.82, 2.24) is 9.88 Å². The Hall–Kier alpha value is -1.63. The molecule has 6 nitrogen and oxygen atoms in total. The van der Waals surface area contributed by atoms with Gasteiger partial charge in [-0.05, 0) is 41.8 Å². The number of likely N-dealkylation sites (tertiary alicyclic amines) is 1. The minimum Gasteiger partial charge on any atom is -0.369 e. The van der Waals surface area contributed by atoms with Crippen molar-refractivity contribution in [3.05, 3.63) is 32.2 Å². The van der Waals surface area contributed by atoms with Crippen molar-refractivity contribution in [2.45, 2.75) is 20.3 Å². The van der Waals surface area contributed by atoms with Gasteiger partial charge in [-0.1, -0.05) is 0 Å². The van der Waals surface area contributed by atoms with Gasteiger partial charge in [-0.2, -0.15) is 0 Å². The SMILES string of the molecule is Cc1c(Br)c[nH]c(=O)c1C(=O)N1CCC(C)(C(N)=O)C1. The third-order valence-corrected chi connectivity index (χ3v) is 4.68. The van der Waals surface area contributed by atoms with Gasteiger partial charge < -0.3 is 15.6 Å². The molecule has 3 N–H and O–H groups in total. The summed E-state index contributed by atoms with van der Waals surface area (Å²) in [6.45, 7) is 4.10. The monoisotopic (exact) mass is 341 g/mol. The number of carbonyl (C=O) groups excluding carboxylic acids is 2. The van der Waals surface area contributed by atoms with Crippen molar-refractivity contribution in [3.63, 3.8) is 0 Å². The van der Waals surface area contributed by atoms with Gasteiger partial charge in [0.2, 0.25) is 5.91 Å². The summed E-state index contributed by atoms with van der Waals surface area (Å²) < 4.78 is 0.664. The van der Waals surface area contributed by atoms with Crippen molar-refractivity contribution >= 4 is 27.7 Å². The van der Waals surface area contributed by atoms with Crippen LogP contribution in [-0.4, -0.2) is 34.8 Å². The quantitative estimate of drug-likeness (QED) is 0.831. The van der Waals surface area contributed by atoms with Crippen molar-refractivity contribution in [1.29, 1.82) is 0 Å². The van der Waals surface area contributed by atoms with Gasteiger partial charge in [0.05, 0.1) is 5.41 Å². The van der Waals surface area contributed by atoms with E-state index >= 15 is 0 Å². The van der Waals surface area contributed by atoms with Crippen molar-refractivity contribution in [2.75, 3.05) is 13.1 Å². The highest BCUT2D eigenvalue weighted by molar-refractivity contribution is 9.10. The lowest BCUT2D eigenvalue weighted by atomic mass is 9.89. The van der Waals surface area contributed by atoms with Crippen LogP contribution in [0.15, 0.2) is 15.5 Å². The Balaban J connectivity index is 2.33. The van der Waals surface area contributed by atoms with Crippen LogP contribution in [0.3, 0.4) is 0 Å². The molecular weight excluding hydrogens is 326 g/mol. The highest BCUT2D eigenvalue weighted by atomic mass is 79.9. The van der Waals surface area contributed by atoms with Crippen LogP contribution < -0.4 is 11.3 Å². The summed E-state index contributed by atoms with van der Waals surface area (Å²) in [4.78, 5) is 39.8. The van der Waals surface area contributed by atoms with Gasteiger partial charge in [0.25, 0.3) is 11.5 Å². The van der Waals surface area contributed by atoms with Crippen molar-refractivity contribution in [3.8, 4) is 0 Å². The zero-order chi connectivity index (χ0) is 15.1. The van der Waals surface area contributed by atoms with Gasteiger partial charge >= 0.3 is 0 Å². The average molecular weight is 342 g/mol. The molecule has 2 rings (SSSR count). The van der Waals surface area contributed by atoms with E-state index in [1.807, 2.05) is 0 Å². The maximum atomic E-state index is 12.5. The molecule has 20 heavy (non-hydrogen) atoms. The number of halogens is 1. The molecule has 0 aromatic carbocycles. The Labute approximate surface area is 124 Å². The van der Waals surface area contributed by atoms with Crippen LogP contribution in [0.2, 0.25) is 0 Å². The fourth-order valence-corrected chi connectivity index (χ4v) is 2.66. The Bertz CT molecular complexity index is 640. The standard InChI is InChI=1S/C13H16BrN3O3/c1-7-8(14)5-16-10(18)9(7)11(19)17-4-3-13(2,6-17)12(15)20/h5H,3-4,6H2,1-2H3,(H2,15,20)(H,16,18). The molecule has 1 unspecified atom stereocenters. The molecule has 1 aliphatic rings. The number of hydrogen-bond donors (Lipinski definition) is 2. The molecule has 1 saturated heterocycles. The van der Waals surface area contributed by atoms with Gasteiger partial charge in [0.1, 0.15) is 5.56 Å². The number of aromatic amines is 1. The smallest absolute Gasteiger partial charge is 0.261 e. The highest BCUT2D eigenvalue weighted by Crippen LogP contribution is 2.30. The molecule has 1 atom stereocenters. The van der Waals surface area contributed by atoms with E-state index in [9.17, 15) is 14.4 Å². The second-order valence-corrected chi connectivity index (χ2v) is 6.22. The molecule has 2 heterocycles. The number of nitrogens with zero attached hydrogens (tertiary/aromatic N) is 1. The molecule has 0 saturated carbocycles. The fraction of sp³-hybridized carbons (Fsp3) is 0.462. The van der Waals surface area contributed by atoms with E-state index in [0.29, 0.717) is 23.0 Å². The number of hydrogen-bond acceptors (Lipinski definition) is 3. The first-order valence-corrected chi connectivity index (χ1v) is 7.02. The van der Waals surface area contributed by atoms with Crippen LogP contribution in [0, 0.1) is 12.3 Å². The molecule has 1 fully saturated rings. The number of nitrogens with one attached hydrogen (secondary N) is 1. The third-order valence-electron chi connectivity index (χ3n) is 3.86. The molecule has 0 spiro atoms. The lowest BCUT2D eigenvalue weighted by Gasteiger charge is -2.21. The number of aromatic nitrogens is 1. The van der Waals surface area contributed by atoms with Crippen LogP contribution >= 0.6 is 15.9 Å². The second-order valence-electron chi connectivity index (χ2n) is 5.37. The number of pyridine rings is 1. The first kappa shape index (κ1) is 14.8. The predicted molar refractivity (Wildman–Crippen MR) is 77.3 cm³/mol. The van der Waals surface area contributed by atoms with E-state index < -0.39 is 16.9 Å². The number of nitrogens with two attached hydrogens (primary N) is 1. The maximum absolute atomic E-state index is 12.5. The molecule has 0 bridgehead atoms. The molecule has 1 aromatic rings. The lowest BCUT2D eigenvalue weighted by molar-refractivity contribution is -0.126. The molecule has 108 valence electrons. The summed E-state index contributed by atoms with van der Waals surface area (Å²) >= 11 is 3.29. The van der Waals surface area contributed by atoms with E-state index in [4.69, 9.17) is 5.73 Å². The Morgan fingerprint density at radius 3 is 2.70 bits per heavy atom. The summed E-state index contributed by atoms with van der Waals surface area (Å²) in [5.41, 5.74) is 4.91. The van der Waals surface area contributed by atoms with Gasteiger partial charge in [-0.15, -0.1) is 0 Å². The number of carbonyl (C=O) groups is 2. The van der Waals surface area contributed by atoms with E-state index in [-0.39, 0.29) is 18.0 Å². The summed E-state index contributed by atoms with van der Waals surface area (Å²) in [7, 11) is 0. The van der Waals surface area contributed by atoms with Crippen LogP contribution in [0.5, 0.6) is 0 Å². The molecule has 2 amide bonds. The van der Waals surface area contributed by atoms with Crippen LogP contribution in [0.4, 0.5) is 0 Å². The Morgan fingerprint density at radius 2 is 2.15 bits per heavy atom. The minimum atomic E-state index is -0.720. The molecule has 1 aliphatic heterocycles. The molecule has 0 radical (unpaired) electrons. The summed E-state index contributed by atoms with van der Waals surface area (Å²) in [6.07, 6.45) is 2.02. The number of primary amides is 1. The van der Waals surface area contributed by atoms with Gasteiger partial charge in [0, 0.05) is 23.8 Å². The number of H-pyrrole nitrogens is 1. The van der Waals surface area contributed by atoms with E-state index in [1.54, 1.807) is 13.8 Å². The van der Waals surface area contributed by atoms with E-state index in [0.717, 1.165) is 0 Å². The zero-order valence-corrected chi connectivity index (χ0v) is 12.9. The van der Waals surface area contributed by atoms with Crippen LogP contribution in [-0.2, 0) is 4.79 Å². The van der Waals surface area contributed by atoms with Crippen LogP contribution in [0.25, 0.3) is 0 Å². The third kappa shape index (κ3) is 2.37. The maximum Gasteiger partial charge on any atom is 0.261 e. The Morgan fingerprint density at radius 1 is 1.50 bits per heavy atom. The number of amides is 2. The summed E-state index contributed by atoms with van der Waals surface area (Å²) in [5, 5.41) is 0. The minimum absolute atomic E-state index is 0.105. The average Bonchev–Trinajstić information content (AvgIpc) is 2.78. The van der Waals surface area contributed by atoms with Crippen LogP contribution in [0.1, 0.15) is 29.3 Å². The molecular formula is C13H16BrN3O3. The predicted octanol–water partition coefficient (Wildman–Crippen LogP) is 0.783. The molecule has 1 aromatic heterocycles. The van der Waals surface area contributed by atoms with Crippen molar-refractivity contribution < 1.29 is 9.59 Å². The molecule has 0 aliphatic carbocycles.